The second-order valence-corrected chi connectivity index (χ2v) is 5.72. The van der Waals surface area contributed by atoms with E-state index in [2.05, 4.69) is 0 Å². The minimum absolute atomic E-state index is 0.270. The van der Waals surface area contributed by atoms with Crippen molar-refractivity contribution >= 4 is 22.9 Å². The molecule has 2 rings (SSSR count). The van der Waals surface area contributed by atoms with E-state index in [1.54, 1.807) is 16.8 Å². The zero-order chi connectivity index (χ0) is 13.1. The van der Waals surface area contributed by atoms with Crippen molar-refractivity contribution in [1.82, 2.24) is 9.13 Å². The Morgan fingerprint density at radius 1 is 1.28 bits per heavy atom. The monoisotopic (exact) mass is 284 g/mol. The smallest absolute Gasteiger partial charge is 0.300 e. The van der Waals surface area contributed by atoms with Crippen molar-refractivity contribution < 1.29 is 0 Å². The molecule has 0 bridgehead atoms. The number of hydrogen-bond donors (Lipinski definition) is 0. The second-order valence-electron chi connectivity index (χ2n) is 3.92. The number of aryl methyl sites for hydroxylation is 1. The zero-order valence-corrected chi connectivity index (χ0v) is 11.5. The van der Waals surface area contributed by atoms with Crippen molar-refractivity contribution in [2.45, 2.75) is 26.4 Å². The van der Waals surface area contributed by atoms with Gasteiger partial charge in [-0.25, -0.2) is 4.79 Å². The summed E-state index contributed by atoms with van der Waals surface area (Å²) in [6, 6.07) is 5.02. The molecule has 96 valence electrons. The van der Waals surface area contributed by atoms with Gasteiger partial charge in [-0.3, -0.25) is 9.36 Å². The summed E-state index contributed by atoms with van der Waals surface area (Å²) >= 11 is 7.21. The Labute approximate surface area is 113 Å². The summed E-state index contributed by atoms with van der Waals surface area (Å²) < 4.78 is 3.44. The van der Waals surface area contributed by atoms with Gasteiger partial charge in [0, 0.05) is 23.7 Å². The Balaban J connectivity index is 2.40. The molecular weight excluding hydrogens is 272 g/mol. The molecule has 0 N–H and O–H groups in total. The van der Waals surface area contributed by atoms with Gasteiger partial charge in [-0.15, -0.1) is 11.3 Å². The standard InChI is InChI=1S/C12H13ClN2O2S/c1-2-6-14-7-5-11(16)15(12(14)17)8-9-3-4-10(13)18-9/h3-5,7H,2,6,8H2,1H3. The molecule has 0 fully saturated rings. The Morgan fingerprint density at radius 2 is 2.06 bits per heavy atom. The van der Waals surface area contributed by atoms with Crippen LogP contribution in [0.25, 0.3) is 0 Å². The van der Waals surface area contributed by atoms with Gasteiger partial charge in [-0.2, -0.15) is 0 Å². The van der Waals surface area contributed by atoms with Crippen LogP contribution in [0.4, 0.5) is 0 Å². The third-order valence-corrected chi connectivity index (χ3v) is 3.76. The first kappa shape index (κ1) is 13.1. The molecular formula is C12H13ClN2O2S. The quantitative estimate of drug-likeness (QED) is 0.864. The fraction of sp³-hybridized carbons (Fsp3) is 0.333. The first-order chi connectivity index (χ1) is 8.61. The third kappa shape index (κ3) is 2.73. The van der Waals surface area contributed by atoms with Crippen LogP contribution in [-0.2, 0) is 13.1 Å². The van der Waals surface area contributed by atoms with E-state index in [9.17, 15) is 9.59 Å². The number of thiophene rings is 1. The number of hydrogen-bond acceptors (Lipinski definition) is 3. The molecule has 0 saturated heterocycles. The van der Waals surface area contributed by atoms with Crippen molar-refractivity contribution in [2.24, 2.45) is 0 Å². The van der Waals surface area contributed by atoms with E-state index in [-0.39, 0.29) is 17.8 Å². The Bertz CT molecular complexity index is 657. The number of nitrogens with zero attached hydrogens (tertiary/aromatic N) is 2. The maximum Gasteiger partial charge on any atom is 0.331 e. The molecule has 0 amide bonds. The molecule has 2 aromatic rings. The lowest BCUT2D eigenvalue weighted by molar-refractivity contribution is 0.573. The van der Waals surface area contributed by atoms with Gasteiger partial charge in [0.2, 0.25) is 0 Å². The average molecular weight is 285 g/mol. The fourth-order valence-corrected chi connectivity index (χ4v) is 2.78. The van der Waals surface area contributed by atoms with Crippen LogP contribution in [-0.4, -0.2) is 9.13 Å². The van der Waals surface area contributed by atoms with Crippen LogP contribution in [0.5, 0.6) is 0 Å². The normalized spacial score (nSPS) is 10.8. The van der Waals surface area contributed by atoms with E-state index in [4.69, 9.17) is 11.6 Å². The van der Waals surface area contributed by atoms with Crippen LogP contribution in [0.15, 0.2) is 34.0 Å². The molecule has 6 heteroatoms. The van der Waals surface area contributed by atoms with Crippen molar-refractivity contribution in [3.05, 3.63) is 54.4 Å². The minimum atomic E-state index is -0.281. The fourth-order valence-electron chi connectivity index (χ4n) is 1.71. The SMILES string of the molecule is CCCn1ccc(=O)n(Cc2ccc(Cl)s2)c1=O. The van der Waals surface area contributed by atoms with E-state index in [1.807, 2.05) is 13.0 Å². The van der Waals surface area contributed by atoms with Gasteiger partial charge in [0.15, 0.2) is 0 Å². The molecule has 2 aromatic heterocycles. The summed E-state index contributed by atoms with van der Waals surface area (Å²) in [4.78, 5) is 24.7. The topological polar surface area (TPSA) is 44.0 Å². The van der Waals surface area contributed by atoms with Crippen LogP contribution >= 0.6 is 22.9 Å². The molecule has 0 spiro atoms. The van der Waals surface area contributed by atoms with Crippen LogP contribution in [0, 0.1) is 0 Å². The Hall–Kier alpha value is -1.33. The highest BCUT2D eigenvalue weighted by atomic mass is 35.5. The third-order valence-electron chi connectivity index (χ3n) is 2.55. The largest absolute Gasteiger partial charge is 0.331 e. The van der Waals surface area contributed by atoms with E-state index in [0.717, 1.165) is 11.3 Å². The lowest BCUT2D eigenvalue weighted by atomic mass is 10.4. The highest BCUT2D eigenvalue weighted by Gasteiger charge is 2.07. The molecule has 0 aromatic carbocycles. The predicted octanol–water partition coefficient (Wildman–Crippen LogP) is 2.18. The summed E-state index contributed by atoms with van der Waals surface area (Å²) in [6.45, 7) is 2.88. The molecule has 0 unspecified atom stereocenters. The highest BCUT2D eigenvalue weighted by Crippen LogP contribution is 2.21. The summed E-state index contributed by atoms with van der Waals surface area (Å²) in [5.41, 5.74) is -0.550. The molecule has 0 aliphatic heterocycles. The van der Waals surface area contributed by atoms with E-state index in [1.165, 1.54) is 22.0 Å². The summed E-state index contributed by atoms with van der Waals surface area (Å²) in [5, 5.41) is 0. The van der Waals surface area contributed by atoms with Gasteiger partial charge in [0.1, 0.15) is 0 Å². The van der Waals surface area contributed by atoms with Crippen LogP contribution < -0.4 is 11.2 Å². The van der Waals surface area contributed by atoms with Gasteiger partial charge in [-0.1, -0.05) is 18.5 Å². The first-order valence-corrected chi connectivity index (χ1v) is 6.85. The van der Waals surface area contributed by atoms with E-state index < -0.39 is 0 Å². The minimum Gasteiger partial charge on any atom is -0.300 e. The van der Waals surface area contributed by atoms with Crippen molar-refractivity contribution in [3.8, 4) is 0 Å². The number of aromatic nitrogens is 2. The lowest BCUT2D eigenvalue weighted by Gasteiger charge is -2.07. The number of rotatable bonds is 4. The van der Waals surface area contributed by atoms with Gasteiger partial charge in [-0.05, 0) is 18.6 Å². The molecule has 4 nitrogen and oxygen atoms in total. The van der Waals surface area contributed by atoms with Crippen LogP contribution in [0.3, 0.4) is 0 Å². The van der Waals surface area contributed by atoms with Crippen LogP contribution in [0.2, 0.25) is 4.34 Å². The molecule has 2 heterocycles. The Kier molecular flexibility index (Phi) is 4.04. The molecule has 0 saturated carbocycles. The van der Waals surface area contributed by atoms with Crippen molar-refractivity contribution in [2.75, 3.05) is 0 Å². The molecule has 18 heavy (non-hydrogen) atoms. The maximum absolute atomic E-state index is 12.1. The summed E-state index contributed by atoms with van der Waals surface area (Å²) in [5.74, 6) is 0. The van der Waals surface area contributed by atoms with E-state index >= 15 is 0 Å². The first-order valence-electron chi connectivity index (χ1n) is 5.66. The lowest BCUT2D eigenvalue weighted by Crippen LogP contribution is -2.39. The predicted molar refractivity (Wildman–Crippen MR) is 73.7 cm³/mol. The van der Waals surface area contributed by atoms with Gasteiger partial charge >= 0.3 is 5.69 Å². The highest BCUT2D eigenvalue weighted by molar-refractivity contribution is 7.16. The zero-order valence-electron chi connectivity index (χ0n) is 9.93. The van der Waals surface area contributed by atoms with Gasteiger partial charge < -0.3 is 4.57 Å². The molecule has 0 atom stereocenters. The molecule has 0 radical (unpaired) electrons. The number of halogens is 1. The molecule has 0 aliphatic rings. The van der Waals surface area contributed by atoms with Gasteiger partial charge in [0.05, 0.1) is 10.9 Å². The van der Waals surface area contributed by atoms with Gasteiger partial charge in [0.25, 0.3) is 5.56 Å². The van der Waals surface area contributed by atoms with Crippen molar-refractivity contribution in [3.63, 3.8) is 0 Å². The Morgan fingerprint density at radius 3 is 2.67 bits per heavy atom. The summed E-state index contributed by atoms with van der Waals surface area (Å²) in [6.07, 6.45) is 2.40. The van der Waals surface area contributed by atoms with E-state index in [0.29, 0.717) is 10.9 Å². The maximum atomic E-state index is 12.1. The van der Waals surface area contributed by atoms with Crippen LogP contribution in [0.1, 0.15) is 18.2 Å². The van der Waals surface area contributed by atoms with Crippen molar-refractivity contribution in [1.29, 1.82) is 0 Å². The summed E-state index contributed by atoms with van der Waals surface area (Å²) in [7, 11) is 0. The molecule has 0 aliphatic carbocycles. The second kappa shape index (κ2) is 5.54. The average Bonchev–Trinajstić information content (AvgIpc) is 2.74.